The molecule has 182 valence electrons. The quantitative estimate of drug-likeness (QED) is 0.519. The second-order valence-corrected chi connectivity index (χ2v) is 9.52. The van der Waals surface area contributed by atoms with E-state index in [1.54, 1.807) is 27.7 Å². The predicted octanol–water partition coefficient (Wildman–Crippen LogP) is 3.55. The predicted molar refractivity (Wildman–Crippen MR) is 128 cm³/mol. The van der Waals surface area contributed by atoms with Crippen molar-refractivity contribution in [3.05, 3.63) is 59.7 Å². The van der Waals surface area contributed by atoms with Crippen LogP contribution in [0.2, 0.25) is 0 Å². The third kappa shape index (κ3) is 4.92. The van der Waals surface area contributed by atoms with Gasteiger partial charge in [0.2, 0.25) is 5.91 Å². The lowest BCUT2D eigenvalue weighted by Crippen LogP contribution is -2.61. The number of methoxy groups -OCH3 is 1. The minimum absolute atomic E-state index is 0.0806. The van der Waals surface area contributed by atoms with Crippen molar-refractivity contribution in [3.8, 4) is 11.1 Å². The fourth-order valence-corrected chi connectivity index (χ4v) is 4.01. The number of ether oxygens (including phenoxy) is 2. The number of hydrogen-bond donors (Lipinski definition) is 3. The van der Waals surface area contributed by atoms with Crippen LogP contribution in [0.25, 0.3) is 11.1 Å². The Bertz CT molecular complexity index is 1030. The van der Waals surface area contributed by atoms with Crippen LogP contribution >= 0.6 is 0 Å². The van der Waals surface area contributed by atoms with Gasteiger partial charge in [-0.2, -0.15) is 0 Å². The lowest BCUT2D eigenvalue weighted by molar-refractivity contribution is -0.146. The summed E-state index contributed by atoms with van der Waals surface area (Å²) in [5, 5.41) is 14.6. The Morgan fingerprint density at radius 2 is 1.50 bits per heavy atom. The van der Waals surface area contributed by atoms with Crippen molar-refractivity contribution in [2.45, 2.75) is 45.2 Å². The normalized spacial score (nSPS) is 14.0. The molecule has 2 aromatic carbocycles. The molecule has 0 aromatic heterocycles. The summed E-state index contributed by atoms with van der Waals surface area (Å²) in [6.45, 7) is 6.64. The number of amides is 2. The highest BCUT2D eigenvalue weighted by molar-refractivity contribution is 5.88. The Morgan fingerprint density at radius 1 is 0.971 bits per heavy atom. The molecule has 0 saturated carbocycles. The molecule has 1 atom stereocenters. The van der Waals surface area contributed by atoms with Gasteiger partial charge in [0.05, 0.1) is 17.6 Å². The Hall–Kier alpha value is -3.39. The first-order valence-electron chi connectivity index (χ1n) is 11.2. The van der Waals surface area contributed by atoms with Crippen molar-refractivity contribution in [2.75, 3.05) is 20.3 Å². The smallest absolute Gasteiger partial charge is 0.407 e. The summed E-state index contributed by atoms with van der Waals surface area (Å²) in [6, 6.07) is 14.9. The van der Waals surface area contributed by atoms with Gasteiger partial charge in [-0.1, -0.05) is 48.5 Å². The zero-order valence-electron chi connectivity index (χ0n) is 20.2. The zero-order chi connectivity index (χ0) is 25.1. The lowest BCUT2D eigenvalue weighted by Gasteiger charge is -2.40. The summed E-state index contributed by atoms with van der Waals surface area (Å²) >= 11 is 0. The number of carbonyl (C=O) groups excluding carboxylic acids is 2. The van der Waals surface area contributed by atoms with Crippen LogP contribution < -0.4 is 10.6 Å². The molecule has 8 nitrogen and oxygen atoms in total. The fraction of sp³-hybridized carbons (Fsp3) is 0.423. The molecule has 1 aliphatic carbocycles. The second-order valence-electron chi connectivity index (χ2n) is 9.52. The number of nitrogens with one attached hydrogen (secondary N) is 2. The number of rotatable bonds is 9. The second kappa shape index (κ2) is 9.85. The average molecular weight is 469 g/mol. The van der Waals surface area contributed by atoms with E-state index in [2.05, 4.69) is 22.8 Å². The van der Waals surface area contributed by atoms with Crippen LogP contribution in [0.15, 0.2) is 48.5 Å². The number of fused-ring (bicyclic) bond motifs is 3. The molecule has 3 N–H and O–H groups in total. The van der Waals surface area contributed by atoms with Gasteiger partial charge in [-0.15, -0.1) is 0 Å². The zero-order valence-corrected chi connectivity index (χ0v) is 20.2. The third-order valence-corrected chi connectivity index (χ3v) is 6.83. The van der Waals surface area contributed by atoms with Crippen molar-refractivity contribution in [1.82, 2.24) is 10.6 Å². The molecule has 3 rings (SSSR count). The number of carboxylic acid groups (broad SMARTS) is 1. The first kappa shape index (κ1) is 25.2. The van der Waals surface area contributed by atoms with Gasteiger partial charge in [-0.3, -0.25) is 4.79 Å². The number of carbonyl (C=O) groups is 3. The number of carboxylic acids is 1. The van der Waals surface area contributed by atoms with E-state index in [-0.39, 0.29) is 19.1 Å². The number of hydrogen-bond acceptors (Lipinski definition) is 5. The molecule has 0 fully saturated rings. The summed E-state index contributed by atoms with van der Waals surface area (Å²) in [5.41, 5.74) is 2.28. The van der Waals surface area contributed by atoms with Gasteiger partial charge in [0, 0.05) is 13.0 Å². The average Bonchev–Trinajstić information content (AvgIpc) is 3.10. The molecule has 8 heteroatoms. The number of alkyl carbamates (subject to hydrolysis) is 1. The van der Waals surface area contributed by atoms with Crippen LogP contribution in [0.3, 0.4) is 0 Å². The van der Waals surface area contributed by atoms with E-state index in [0.29, 0.717) is 0 Å². The molecular formula is C26H32N2O6. The molecule has 34 heavy (non-hydrogen) atoms. The van der Waals surface area contributed by atoms with Crippen molar-refractivity contribution < 1.29 is 29.0 Å². The highest BCUT2D eigenvalue weighted by Gasteiger charge is 2.45. The summed E-state index contributed by atoms with van der Waals surface area (Å²) in [7, 11) is 1.36. The Morgan fingerprint density at radius 3 is 2.00 bits per heavy atom. The molecule has 0 aliphatic heterocycles. The van der Waals surface area contributed by atoms with E-state index in [1.165, 1.54) is 7.11 Å². The van der Waals surface area contributed by atoms with Crippen LogP contribution in [-0.2, 0) is 19.1 Å². The van der Waals surface area contributed by atoms with Gasteiger partial charge in [0.25, 0.3) is 0 Å². The standard InChI is InChI=1S/C26H32N2O6/c1-25(2,23(31)27-21(15-33-5)22(29)30)26(3,4)28-24(32)34-14-20-18-12-8-6-10-16(18)17-11-7-9-13-19(17)20/h6-13,20-21H,14-15H2,1-5H3,(H,27,31)(H,28,32)(H,29,30). The maximum atomic E-state index is 12.9. The minimum Gasteiger partial charge on any atom is -0.480 e. The monoisotopic (exact) mass is 468 g/mol. The minimum atomic E-state index is -1.20. The van der Waals surface area contributed by atoms with Crippen molar-refractivity contribution in [2.24, 2.45) is 5.41 Å². The van der Waals surface area contributed by atoms with Crippen LogP contribution in [-0.4, -0.2) is 55.0 Å². The first-order chi connectivity index (χ1) is 16.0. The van der Waals surface area contributed by atoms with Crippen LogP contribution in [0.4, 0.5) is 4.79 Å². The maximum Gasteiger partial charge on any atom is 0.407 e. The maximum absolute atomic E-state index is 12.9. The van der Waals surface area contributed by atoms with Gasteiger partial charge < -0.3 is 25.2 Å². The van der Waals surface area contributed by atoms with Crippen molar-refractivity contribution in [3.63, 3.8) is 0 Å². The Kier molecular flexibility index (Phi) is 7.31. The molecule has 0 saturated heterocycles. The molecule has 0 bridgehead atoms. The van der Waals surface area contributed by atoms with E-state index in [9.17, 15) is 19.5 Å². The first-order valence-corrected chi connectivity index (χ1v) is 11.2. The van der Waals surface area contributed by atoms with Gasteiger partial charge >= 0.3 is 12.1 Å². The molecule has 0 spiro atoms. The molecule has 1 unspecified atom stereocenters. The van der Waals surface area contributed by atoms with E-state index >= 15 is 0 Å². The van der Waals surface area contributed by atoms with Crippen LogP contribution in [0, 0.1) is 5.41 Å². The van der Waals surface area contributed by atoms with E-state index in [4.69, 9.17) is 9.47 Å². The van der Waals surface area contributed by atoms with Gasteiger partial charge in [-0.25, -0.2) is 9.59 Å². The number of aliphatic carboxylic acids is 1. The van der Waals surface area contributed by atoms with E-state index in [1.807, 2.05) is 36.4 Å². The molecule has 0 heterocycles. The van der Waals surface area contributed by atoms with Crippen LogP contribution in [0.1, 0.15) is 44.7 Å². The van der Waals surface area contributed by atoms with Crippen LogP contribution in [0.5, 0.6) is 0 Å². The molecule has 1 aliphatic rings. The highest BCUT2D eigenvalue weighted by Crippen LogP contribution is 2.44. The van der Waals surface area contributed by atoms with Gasteiger partial charge in [0.15, 0.2) is 6.04 Å². The van der Waals surface area contributed by atoms with E-state index in [0.717, 1.165) is 22.3 Å². The lowest BCUT2D eigenvalue weighted by atomic mass is 9.73. The summed E-state index contributed by atoms with van der Waals surface area (Å²) in [5.74, 6) is -1.81. The molecule has 2 amide bonds. The molecular weight excluding hydrogens is 436 g/mol. The third-order valence-electron chi connectivity index (χ3n) is 6.83. The Labute approximate surface area is 199 Å². The topological polar surface area (TPSA) is 114 Å². The largest absolute Gasteiger partial charge is 0.480 e. The van der Waals surface area contributed by atoms with Crippen molar-refractivity contribution >= 4 is 18.0 Å². The number of benzene rings is 2. The molecule has 0 radical (unpaired) electrons. The highest BCUT2D eigenvalue weighted by atomic mass is 16.5. The molecule has 2 aromatic rings. The van der Waals surface area contributed by atoms with E-state index < -0.39 is 35.0 Å². The fourth-order valence-electron chi connectivity index (χ4n) is 4.01. The van der Waals surface area contributed by atoms with Gasteiger partial charge in [0.1, 0.15) is 6.61 Å². The Balaban J connectivity index is 1.67. The SMILES string of the molecule is COCC(NC(=O)C(C)(C)C(C)(C)NC(=O)OCC1c2ccccc2-c2ccccc21)C(=O)O. The summed E-state index contributed by atoms with van der Waals surface area (Å²) in [4.78, 5) is 37.0. The van der Waals surface area contributed by atoms with Gasteiger partial charge in [-0.05, 0) is 49.9 Å². The summed E-state index contributed by atoms with van der Waals surface area (Å²) < 4.78 is 10.5. The summed E-state index contributed by atoms with van der Waals surface area (Å²) in [6.07, 6.45) is -0.653. The van der Waals surface area contributed by atoms with Crippen molar-refractivity contribution in [1.29, 1.82) is 0 Å².